The van der Waals surface area contributed by atoms with E-state index in [1.54, 1.807) is 6.33 Å². The largest absolute Gasteiger partial charge is 0.323 e. The molecule has 1 saturated heterocycles. The number of amides is 1. The summed E-state index contributed by atoms with van der Waals surface area (Å²) in [5, 5.41) is 16.4. The van der Waals surface area contributed by atoms with E-state index in [1.807, 2.05) is 10.8 Å². The molecule has 0 unspecified atom stereocenters. The summed E-state index contributed by atoms with van der Waals surface area (Å²) >= 11 is 0. The zero-order valence-electron chi connectivity index (χ0n) is 15.6. The van der Waals surface area contributed by atoms with Crippen molar-refractivity contribution < 1.29 is 22.2 Å². The monoisotopic (exact) mass is 416 g/mol. The Bertz CT molecular complexity index is 774. The third-order valence-electron chi connectivity index (χ3n) is 4.71. The van der Waals surface area contributed by atoms with Crippen LogP contribution < -0.4 is 5.32 Å². The van der Waals surface area contributed by atoms with Gasteiger partial charge in [-0.3, -0.25) is 14.0 Å². The lowest BCUT2D eigenvalue weighted by atomic mass is 10.1. The molecular formula is C16H25FN6O4S. The van der Waals surface area contributed by atoms with Crippen molar-refractivity contribution in [2.24, 2.45) is 5.92 Å². The number of hydrogen-bond acceptors (Lipinski definition) is 7. The van der Waals surface area contributed by atoms with Gasteiger partial charge in [0.15, 0.2) is 0 Å². The van der Waals surface area contributed by atoms with Crippen molar-refractivity contribution in [2.75, 3.05) is 19.3 Å². The highest BCUT2D eigenvalue weighted by Crippen LogP contribution is 2.27. The number of likely N-dealkylation sites (tertiary alicyclic amines) is 1. The summed E-state index contributed by atoms with van der Waals surface area (Å²) in [7, 11) is -3.67. The van der Waals surface area contributed by atoms with Crippen molar-refractivity contribution in [3.05, 3.63) is 12.7 Å². The van der Waals surface area contributed by atoms with Crippen molar-refractivity contribution in [1.29, 1.82) is 5.26 Å². The number of hydrogen-bond donors (Lipinski definition) is 2. The first kappa shape index (κ1) is 22.2. The SMILES string of the molecule is CS(=O)(=O)O.N#C[C@@H]1C[C@H](F)CN1C(=O)CN[C@@H]1CC[C@H](Cn2cncn2)C1. The molecule has 1 aromatic rings. The summed E-state index contributed by atoms with van der Waals surface area (Å²) in [4.78, 5) is 17.5. The van der Waals surface area contributed by atoms with Crippen molar-refractivity contribution in [3.8, 4) is 6.07 Å². The van der Waals surface area contributed by atoms with Gasteiger partial charge in [-0.05, 0) is 25.2 Å². The maximum absolute atomic E-state index is 13.4. The standard InChI is InChI=1S/C15H21FN6O.CH4O3S/c16-12-4-14(5-17)22(8-12)15(23)6-19-13-2-1-11(3-13)7-21-10-18-9-20-21;1-5(2,3)4/h9-14,19H,1-4,6-8H2;1H3,(H,2,3,4)/t11-,12-,13+,14-;/m0./s1. The Balaban J connectivity index is 0.000000500. The molecule has 1 saturated carbocycles. The molecule has 1 aromatic heterocycles. The van der Waals surface area contributed by atoms with Crippen LogP contribution in [0.3, 0.4) is 0 Å². The molecule has 2 heterocycles. The van der Waals surface area contributed by atoms with E-state index in [9.17, 15) is 17.6 Å². The van der Waals surface area contributed by atoms with E-state index in [2.05, 4.69) is 15.4 Å². The van der Waals surface area contributed by atoms with Crippen LogP contribution in [0.15, 0.2) is 12.7 Å². The molecule has 0 radical (unpaired) electrons. The number of carbonyl (C=O) groups excluding carboxylic acids is 1. The van der Waals surface area contributed by atoms with Crippen LogP contribution >= 0.6 is 0 Å². The van der Waals surface area contributed by atoms with Gasteiger partial charge in [-0.2, -0.15) is 18.8 Å². The van der Waals surface area contributed by atoms with Crippen LogP contribution in [0.4, 0.5) is 4.39 Å². The highest BCUT2D eigenvalue weighted by atomic mass is 32.2. The number of nitriles is 1. The van der Waals surface area contributed by atoms with Gasteiger partial charge in [0.2, 0.25) is 5.91 Å². The second-order valence-electron chi connectivity index (χ2n) is 7.13. The quantitative estimate of drug-likeness (QED) is 0.639. The van der Waals surface area contributed by atoms with Gasteiger partial charge < -0.3 is 10.2 Å². The number of nitrogens with one attached hydrogen (secondary N) is 1. The molecule has 12 heteroatoms. The van der Waals surface area contributed by atoms with Crippen LogP contribution in [0.25, 0.3) is 0 Å². The zero-order chi connectivity index (χ0) is 20.7. The van der Waals surface area contributed by atoms with Gasteiger partial charge >= 0.3 is 0 Å². The molecule has 28 heavy (non-hydrogen) atoms. The molecular weight excluding hydrogens is 391 g/mol. The Kier molecular flexibility index (Phi) is 7.85. The first-order chi connectivity index (χ1) is 13.2. The van der Waals surface area contributed by atoms with Gasteiger partial charge in [-0.1, -0.05) is 0 Å². The van der Waals surface area contributed by atoms with Crippen LogP contribution in [0.5, 0.6) is 0 Å². The zero-order valence-corrected chi connectivity index (χ0v) is 16.4. The van der Waals surface area contributed by atoms with E-state index in [0.29, 0.717) is 12.2 Å². The van der Waals surface area contributed by atoms with Crippen LogP contribution in [0.2, 0.25) is 0 Å². The molecule has 2 fully saturated rings. The molecule has 0 aromatic carbocycles. The minimum atomic E-state index is -3.67. The molecule has 10 nitrogen and oxygen atoms in total. The normalized spacial score (nSPS) is 27.1. The van der Waals surface area contributed by atoms with Gasteiger partial charge in [0.1, 0.15) is 24.9 Å². The summed E-state index contributed by atoms with van der Waals surface area (Å²) < 4.78 is 41.1. The minimum absolute atomic E-state index is 0.0400. The molecule has 3 rings (SSSR count). The van der Waals surface area contributed by atoms with E-state index >= 15 is 0 Å². The number of aromatic nitrogens is 3. The van der Waals surface area contributed by atoms with Gasteiger partial charge in [-0.25, -0.2) is 9.37 Å². The molecule has 1 amide bonds. The van der Waals surface area contributed by atoms with Gasteiger partial charge in [0, 0.05) is 19.0 Å². The minimum Gasteiger partial charge on any atom is -0.323 e. The Labute approximate surface area is 163 Å². The average Bonchev–Trinajstić information content (AvgIpc) is 3.32. The molecule has 0 bridgehead atoms. The third-order valence-corrected chi connectivity index (χ3v) is 4.71. The van der Waals surface area contributed by atoms with E-state index < -0.39 is 22.3 Å². The van der Waals surface area contributed by atoms with Crippen molar-refractivity contribution >= 4 is 16.0 Å². The van der Waals surface area contributed by atoms with Crippen LogP contribution in [-0.4, -0.2) is 76.1 Å². The first-order valence-electron chi connectivity index (χ1n) is 8.97. The lowest BCUT2D eigenvalue weighted by molar-refractivity contribution is -0.130. The molecule has 156 valence electrons. The third kappa shape index (κ3) is 7.49. The number of halogens is 1. The second kappa shape index (κ2) is 9.90. The van der Waals surface area contributed by atoms with Crippen LogP contribution in [-0.2, 0) is 21.5 Å². The van der Waals surface area contributed by atoms with Crippen LogP contribution in [0, 0.1) is 17.2 Å². The summed E-state index contributed by atoms with van der Waals surface area (Å²) in [6, 6.07) is 1.67. The van der Waals surface area contributed by atoms with E-state index in [-0.39, 0.29) is 31.5 Å². The smallest absolute Gasteiger partial charge is 0.261 e. The van der Waals surface area contributed by atoms with Gasteiger partial charge in [-0.15, -0.1) is 0 Å². The number of carbonyl (C=O) groups is 1. The summed E-state index contributed by atoms with van der Waals surface area (Å²) in [5.74, 6) is 0.342. The van der Waals surface area contributed by atoms with Crippen molar-refractivity contribution in [2.45, 2.75) is 50.5 Å². The predicted octanol–water partition coefficient (Wildman–Crippen LogP) is 0.00298. The molecule has 1 aliphatic carbocycles. The molecule has 4 atom stereocenters. The summed E-state index contributed by atoms with van der Waals surface area (Å²) in [6.07, 6.45) is 6.10. The maximum Gasteiger partial charge on any atom is 0.261 e. The summed E-state index contributed by atoms with van der Waals surface area (Å²) in [5.41, 5.74) is 0. The van der Waals surface area contributed by atoms with Crippen molar-refractivity contribution in [1.82, 2.24) is 25.0 Å². The summed E-state index contributed by atoms with van der Waals surface area (Å²) in [6.45, 7) is 1.06. The number of rotatable bonds is 5. The van der Waals surface area contributed by atoms with Gasteiger partial charge in [0.25, 0.3) is 10.1 Å². The maximum atomic E-state index is 13.4. The average molecular weight is 416 g/mol. The van der Waals surface area contributed by atoms with E-state index in [1.165, 1.54) is 11.2 Å². The Hall–Kier alpha value is -2.10. The predicted molar refractivity (Wildman–Crippen MR) is 97.3 cm³/mol. The lowest BCUT2D eigenvalue weighted by Gasteiger charge is -2.21. The molecule has 0 spiro atoms. The highest BCUT2D eigenvalue weighted by Gasteiger charge is 2.35. The van der Waals surface area contributed by atoms with E-state index in [0.717, 1.165) is 25.8 Å². The lowest BCUT2D eigenvalue weighted by Crippen LogP contribution is -2.43. The van der Waals surface area contributed by atoms with E-state index in [4.69, 9.17) is 9.81 Å². The Morgan fingerprint density at radius 3 is 2.75 bits per heavy atom. The van der Waals surface area contributed by atoms with Crippen LogP contribution in [0.1, 0.15) is 25.7 Å². The van der Waals surface area contributed by atoms with Gasteiger partial charge in [0.05, 0.1) is 25.4 Å². The second-order valence-corrected chi connectivity index (χ2v) is 8.60. The molecule has 2 N–H and O–H groups in total. The number of alkyl halides is 1. The van der Waals surface area contributed by atoms with Crippen molar-refractivity contribution in [3.63, 3.8) is 0 Å². The first-order valence-corrected chi connectivity index (χ1v) is 10.8. The fourth-order valence-electron chi connectivity index (χ4n) is 3.53. The molecule has 1 aliphatic heterocycles. The fourth-order valence-corrected chi connectivity index (χ4v) is 3.53. The Morgan fingerprint density at radius 2 is 2.14 bits per heavy atom. The topological polar surface area (TPSA) is 141 Å². The highest BCUT2D eigenvalue weighted by molar-refractivity contribution is 7.85. The fraction of sp³-hybridized carbons (Fsp3) is 0.750. The number of nitrogens with zero attached hydrogens (tertiary/aromatic N) is 5. The Morgan fingerprint density at radius 1 is 1.43 bits per heavy atom. The molecule has 2 aliphatic rings.